The molecule has 0 radical (unpaired) electrons. The summed E-state index contributed by atoms with van der Waals surface area (Å²) < 4.78 is 0.986. The van der Waals surface area contributed by atoms with Crippen molar-refractivity contribution in [3.8, 4) is 0 Å². The van der Waals surface area contributed by atoms with Crippen molar-refractivity contribution in [3.05, 3.63) is 28.2 Å². The van der Waals surface area contributed by atoms with Crippen molar-refractivity contribution in [3.63, 3.8) is 0 Å². The maximum Gasteiger partial charge on any atom is 0.233 e. The molecular weight excluding hydrogens is 580 g/mol. The first-order chi connectivity index (χ1) is 14.3. The second-order valence-electron chi connectivity index (χ2n) is 8.65. The molecule has 2 bridgehead atoms. The topological polar surface area (TPSA) is 66.5 Å². The van der Waals surface area contributed by atoms with Crippen molar-refractivity contribution in [2.24, 2.45) is 23.7 Å². The monoisotopic (exact) mass is 602 g/mol. The lowest BCUT2D eigenvalue weighted by atomic mass is 9.81. The Morgan fingerprint density at radius 3 is 2.30 bits per heavy atom. The predicted octanol–water partition coefficient (Wildman–Crippen LogP) is 5.03. The minimum Gasteiger partial charge on any atom is -0.326 e. The fraction of sp³-hybridized carbons (Fsp3) is 0.591. The highest BCUT2D eigenvalue weighted by atomic mass is 79.9. The van der Waals surface area contributed by atoms with Gasteiger partial charge in [-0.25, -0.2) is 0 Å². The van der Waals surface area contributed by atoms with Crippen molar-refractivity contribution in [2.75, 3.05) is 11.9 Å². The molecule has 0 spiro atoms. The summed E-state index contributed by atoms with van der Waals surface area (Å²) in [5, 5.41) is 2.95. The number of hydrogen-bond donors (Lipinski definition) is 1. The van der Waals surface area contributed by atoms with Crippen LogP contribution >= 0.6 is 47.8 Å². The summed E-state index contributed by atoms with van der Waals surface area (Å²) in [5.74, 6) is 0.274. The molecule has 2 saturated carbocycles. The summed E-state index contributed by atoms with van der Waals surface area (Å²) in [4.78, 5) is 40.0. The molecule has 1 aromatic rings. The summed E-state index contributed by atoms with van der Waals surface area (Å²) in [6.45, 7) is 2.43. The van der Waals surface area contributed by atoms with Crippen LogP contribution in [0.4, 0.5) is 5.69 Å². The van der Waals surface area contributed by atoms with Gasteiger partial charge in [-0.3, -0.25) is 19.3 Å². The van der Waals surface area contributed by atoms with Gasteiger partial charge in [0.15, 0.2) is 0 Å². The third kappa shape index (κ3) is 4.04. The Morgan fingerprint density at radius 1 is 1.07 bits per heavy atom. The van der Waals surface area contributed by atoms with Crippen molar-refractivity contribution >= 4 is 71.2 Å². The number of halogens is 3. The third-order valence-electron chi connectivity index (χ3n) is 6.83. The van der Waals surface area contributed by atoms with E-state index in [1.54, 1.807) is 0 Å². The molecule has 1 aromatic carbocycles. The van der Waals surface area contributed by atoms with Crippen LogP contribution in [0.2, 0.25) is 0 Å². The number of amides is 3. The van der Waals surface area contributed by atoms with Crippen LogP contribution in [0.1, 0.15) is 37.7 Å². The lowest BCUT2D eigenvalue weighted by Crippen LogP contribution is -2.37. The number of alkyl halides is 2. The zero-order valence-corrected chi connectivity index (χ0v) is 21.5. The van der Waals surface area contributed by atoms with Gasteiger partial charge >= 0.3 is 0 Å². The fourth-order valence-electron chi connectivity index (χ4n) is 5.34. The quantitative estimate of drug-likeness (QED) is 0.270. The molecule has 3 fully saturated rings. The molecule has 0 aromatic heterocycles. The number of benzene rings is 1. The minimum atomic E-state index is -0.138. The molecule has 162 valence electrons. The molecule has 5 nitrogen and oxygen atoms in total. The van der Waals surface area contributed by atoms with Crippen LogP contribution in [0, 0.1) is 30.6 Å². The number of hydrogen-bond acceptors (Lipinski definition) is 3. The summed E-state index contributed by atoms with van der Waals surface area (Å²) in [5.41, 5.74) is 1.84. The van der Waals surface area contributed by atoms with E-state index in [0.717, 1.165) is 41.4 Å². The summed E-state index contributed by atoms with van der Waals surface area (Å²) in [7, 11) is 0. The Hall–Kier alpha value is -0.730. The Kier molecular flexibility index (Phi) is 6.76. The van der Waals surface area contributed by atoms with Gasteiger partial charge in [-0.1, -0.05) is 54.2 Å². The molecule has 1 aliphatic heterocycles. The lowest BCUT2D eigenvalue weighted by Gasteiger charge is -2.28. The summed E-state index contributed by atoms with van der Waals surface area (Å²) in [6, 6.07) is 5.77. The van der Waals surface area contributed by atoms with Crippen LogP contribution in [-0.4, -0.2) is 38.8 Å². The molecule has 0 unspecified atom stereocenters. The molecule has 3 amide bonds. The Balaban J connectivity index is 1.21. The van der Waals surface area contributed by atoms with E-state index in [4.69, 9.17) is 0 Å². The lowest BCUT2D eigenvalue weighted by molar-refractivity contribution is -0.140. The van der Waals surface area contributed by atoms with E-state index < -0.39 is 0 Å². The molecule has 8 heteroatoms. The normalized spacial score (nSPS) is 32.1. The van der Waals surface area contributed by atoms with Crippen LogP contribution in [0.3, 0.4) is 0 Å². The van der Waals surface area contributed by atoms with Gasteiger partial charge in [0.05, 0.1) is 11.8 Å². The average molecular weight is 605 g/mol. The number of unbranched alkanes of at least 4 members (excludes halogenated alkanes) is 2. The molecule has 2 aliphatic carbocycles. The average Bonchev–Trinajstić information content (AvgIpc) is 3.30. The molecule has 6 atom stereocenters. The van der Waals surface area contributed by atoms with Crippen LogP contribution < -0.4 is 5.32 Å². The minimum absolute atomic E-state index is 0.00780. The maximum atomic E-state index is 12.9. The fourth-order valence-corrected chi connectivity index (χ4v) is 7.69. The van der Waals surface area contributed by atoms with Gasteiger partial charge in [0, 0.05) is 32.8 Å². The van der Waals surface area contributed by atoms with Crippen molar-refractivity contribution in [1.82, 2.24) is 4.90 Å². The van der Waals surface area contributed by atoms with Crippen LogP contribution in [0.5, 0.6) is 0 Å². The molecule has 4 rings (SSSR count). The third-order valence-corrected chi connectivity index (χ3v) is 10.5. The van der Waals surface area contributed by atoms with Gasteiger partial charge < -0.3 is 5.32 Å². The van der Waals surface area contributed by atoms with Gasteiger partial charge in [0.1, 0.15) is 0 Å². The zero-order valence-electron chi connectivity index (χ0n) is 16.7. The second kappa shape index (κ2) is 9.02. The van der Waals surface area contributed by atoms with Gasteiger partial charge in [-0.05, 0) is 61.8 Å². The van der Waals surface area contributed by atoms with Crippen molar-refractivity contribution in [1.29, 1.82) is 0 Å². The van der Waals surface area contributed by atoms with Crippen LogP contribution in [0.15, 0.2) is 22.7 Å². The number of fused-ring (bicyclic) bond motifs is 5. The molecule has 3 aliphatic rings. The predicted molar refractivity (Wildman–Crippen MR) is 127 cm³/mol. The molecular formula is C22H25Br3N2O3. The van der Waals surface area contributed by atoms with E-state index in [2.05, 4.69) is 53.1 Å². The van der Waals surface area contributed by atoms with Crippen LogP contribution in [-0.2, 0) is 14.4 Å². The van der Waals surface area contributed by atoms with Crippen molar-refractivity contribution < 1.29 is 14.4 Å². The standard InChI is InChI=1S/C22H25Br3N2O3/c1-11-9-12(23)6-7-15(11)26-16(28)5-3-2-4-8-27-21(29)17-13-10-14(18(17)22(27)30)20(25)19(13)24/h6-7,9,13-14,17-20H,2-5,8,10H2,1H3,(H,26,28)/t13-,14-,17-,18-,19+,20+/m1/s1. The molecule has 1 N–H and O–H groups in total. The number of aryl methyl sites for hydroxylation is 1. The van der Waals surface area contributed by atoms with E-state index >= 15 is 0 Å². The molecule has 30 heavy (non-hydrogen) atoms. The first kappa shape index (κ1) is 22.5. The Labute approximate surface area is 202 Å². The summed E-state index contributed by atoms with van der Waals surface area (Å²) >= 11 is 10.8. The van der Waals surface area contributed by atoms with E-state index in [1.807, 2.05) is 25.1 Å². The maximum absolute atomic E-state index is 12.9. The Bertz CT molecular complexity index is 845. The first-order valence-electron chi connectivity index (χ1n) is 10.5. The zero-order chi connectivity index (χ0) is 21.6. The highest BCUT2D eigenvalue weighted by Crippen LogP contribution is 2.60. The first-order valence-corrected chi connectivity index (χ1v) is 13.1. The number of imide groups is 1. The number of nitrogens with zero attached hydrogens (tertiary/aromatic N) is 1. The highest BCUT2D eigenvalue weighted by Gasteiger charge is 2.66. The number of rotatable bonds is 7. The van der Waals surface area contributed by atoms with E-state index in [1.165, 1.54) is 4.90 Å². The number of nitrogens with one attached hydrogen (secondary N) is 1. The SMILES string of the molecule is Cc1cc(Br)ccc1NC(=O)CCCCCN1C(=O)[C@@H]2[C@H]3C[C@@H]([C@H](Br)[C@H]3Br)[C@H]2C1=O. The van der Waals surface area contributed by atoms with Gasteiger partial charge in [0.25, 0.3) is 0 Å². The number of anilines is 1. The summed E-state index contributed by atoms with van der Waals surface area (Å²) in [6.07, 6.45) is 3.69. The van der Waals surface area contributed by atoms with E-state index in [0.29, 0.717) is 13.0 Å². The Morgan fingerprint density at radius 2 is 1.70 bits per heavy atom. The molecule has 1 heterocycles. The largest absolute Gasteiger partial charge is 0.326 e. The van der Waals surface area contributed by atoms with Gasteiger partial charge in [-0.2, -0.15) is 0 Å². The smallest absolute Gasteiger partial charge is 0.233 e. The number of likely N-dealkylation sites (tertiary alicyclic amines) is 1. The van der Waals surface area contributed by atoms with Crippen molar-refractivity contribution in [2.45, 2.75) is 48.7 Å². The number of carbonyl (C=O) groups is 3. The molecule has 1 saturated heterocycles. The van der Waals surface area contributed by atoms with E-state index in [9.17, 15) is 14.4 Å². The second-order valence-corrected chi connectivity index (χ2v) is 11.7. The highest BCUT2D eigenvalue weighted by molar-refractivity contribution is 9.12. The van der Waals surface area contributed by atoms with Gasteiger partial charge in [-0.15, -0.1) is 0 Å². The number of carbonyl (C=O) groups excluding carboxylic acids is 3. The van der Waals surface area contributed by atoms with Crippen LogP contribution in [0.25, 0.3) is 0 Å². The van der Waals surface area contributed by atoms with Gasteiger partial charge in [0.2, 0.25) is 17.7 Å². The van der Waals surface area contributed by atoms with E-state index in [-0.39, 0.29) is 51.0 Å².